The summed E-state index contributed by atoms with van der Waals surface area (Å²) in [5, 5.41) is 0.331. The predicted octanol–water partition coefficient (Wildman–Crippen LogP) is 3.48. The Kier molecular flexibility index (Phi) is 7.24. The monoisotopic (exact) mass is 365 g/mol. The van der Waals surface area contributed by atoms with E-state index in [9.17, 15) is 9.59 Å². The van der Waals surface area contributed by atoms with Crippen molar-refractivity contribution in [1.82, 2.24) is 14.8 Å². The molecular formula is C19H28ClN3O2. The number of amides is 2. The standard InChI is InChI=1S/C19H28ClN3O2/c1-4-14-13-23(19(25)16-7-9-21-17(20)11-16)10-8-15(14)12-18(24)22(5-2)6-3/h7,9,11,14-15H,4-6,8,10,12-13H2,1-3H3/t14-,15+/m1/s1. The average Bonchev–Trinajstić information content (AvgIpc) is 2.62. The van der Waals surface area contributed by atoms with Gasteiger partial charge in [0.1, 0.15) is 5.15 Å². The van der Waals surface area contributed by atoms with E-state index in [4.69, 9.17) is 11.6 Å². The fourth-order valence-electron chi connectivity index (χ4n) is 3.64. The van der Waals surface area contributed by atoms with Crippen molar-refractivity contribution in [3.8, 4) is 0 Å². The minimum Gasteiger partial charge on any atom is -0.343 e. The summed E-state index contributed by atoms with van der Waals surface area (Å²) in [6, 6.07) is 3.31. The van der Waals surface area contributed by atoms with Crippen LogP contribution in [0, 0.1) is 11.8 Å². The lowest BCUT2D eigenvalue weighted by Crippen LogP contribution is -2.45. The van der Waals surface area contributed by atoms with Gasteiger partial charge in [0.15, 0.2) is 0 Å². The van der Waals surface area contributed by atoms with Crippen LogP contribution in [0.5, 0.6) is 0 Å². The Morgan fingerprint density at radius 1 is 1.28 bits per heavy atom. The second kappa shape index (κ2) is 9.18. The Morgan fingerprint density at radius 3 is 2.60 bits per heavy atom. The zero-order chi connectivity index (χ0) is 18.4. The van der Waals surface area contributed by atoms with Gasteiger partial charge in [-0.05, 0) is 44.2 Å². The molecule has 0 bridgehead atoms. The molecule has 2 atom stereocenters. The molecule has 0 radical (unpaired) electrons. The number of hydrogen-bond acceptors (Lipinski definition) is 3. The van der Waals surface area contributed by atoms with Crippen LogP contribution in [-0.2, 0) is 4.79 Å². The Morgan fingerprint density at radius 2 is 2.00 bits per heavy atom. The Labute approximate surface area is 155 Å². The highest BCUT2D eigenvalue weighted by molar-refractivity contribution is 6.29. The molecule has 2 heterocycles. The number of carbonyl (C=O) groups excluding carboxylic acids is 2. The quantitative estimate of drug-likeness (QED) is 0.725. The molecule has 1 aromatic rings. The van der Waals surface area contributed by atoms with Gasteiger partial charge >= 0.3 is 0 Å². The van der Waals surface area contributed by atoms with Crippen LogP contribution in [0.15, 0.2) is 18.3 Å². The van der Waals surface area contributed by atoms with Gasteiger partial charge in [0.25, 0.3) is 5.91 Å². The van der Waals surface area contributed by atoms with Crippen LogP contribution in [0.25, 0.3) is 0 Å². The van der Waals surface area contributed by atoms with Crippen molar-refractivity contribution >= 4 is 23.4 Å². The molecule has 25 heavy (non-hydrogen) atoms. The number of aromatic nitrogens is 1. The normalized spacial score (nSPS) is 20.4. The second-order valence-electron chi connectivity index (χ2n) is 6.61. The zero-order valence-corrected chi connectivity index (χ0v) is 16.1. The summed E-state index contributed by atoms with van der Waals surface area (Å²) in [5.74, 6) is 0.933. The molecule has 6 heteroatoms. The summed E-state index contributed by atoms with van der Waals surface area (Å²) in [6.45, 7) is 9.06. The van der Waals surface area contributed by atoms with Crippen LogP contribution in [0.3, 0.4) is 0 Å². The molecule has 1 aliphatic heterocycles. The summed E-state index contributed by atoms with van der Waals surface area (Å²) in [4.78, 5) is 32.8. The Hall–Kier alpha value is -1.62. The average molecular weight is 366 g/mol. The molecule has 0 saturated carbocycles. The largest absolute Gasteiger partial charge is 0.343 e. The van der Waals surface area contributed by atoms with Crippen LogP contribution >= 0.6 is 11.6 Å². The van der Waals surface area contributed by atoms with E-state index < -0.39 is 0 Å². The van der Waals surface area contributed by atoms with E-state index in [2.05, 4.69) is 11.9 Å². The number of nitrogens with zero attached hydrogens (tertiary/aromatic N) is 3. The molecule has 1 saturated heterocycles. The predicted molar refractivity (Wildman–Crippen MR) is 99.6 cm³/mol. The van der Waals surface area contributed by atoms with Gasteiger partial charge in [0.2, 0.25) is 5.91 Å². The molecule has 2 amide bonds. The molecule has 0 aromatic carbocycles. The van der Waals surface area contributed by atoms with Gasteiger partial charge in [-0.1, -0.05) is 24.9 Å². The van der Waals surface area contributed by atoms with Crippen molar-refractivity contribution in [3.05, 3.63) is 29.0 Å². The Balaban J connectivity index is 2.01. The van der Waals surface area contributed by atoms with Gasteiger partial charge in [0.05, 0.1) is 0 Å². The molecule has 5 nitrogen and oxygen atoms in total. The smallest absolute Gasteiger partial charge is 0.254 e. The van der Waals surface area contributed by atoms with E-state index >= 15 is 0 Å². The zero-order valence-electron chi connectivity index (χ0n) is 15.4. The number of carbonyl (C=O) groups is 2. The Bertz CT molecular complexity index is 604. The van der Waals surface area contributed by atoms with Gasteiger partial charge in [-0.3, -0.25) is 9.59 Å². The number of halogens is 1. The van der Waals surface area contributed by atoms with Crippen molar-refractivity contribution in [2.24, 2.45) is 11.8 Å². The lowest BCUT2D eigenvalue weighted by molar-refractivity contribution is -0.132. The molecule has 1 fully saturated rings. The fraction of sp³-hybridized carbons (Fsp3) is 0.632. The molecule has 1 aromatic heterocycles. The lowest BCUT2D eigenvalue weighted by Gasteiger charge is -2.38. The van der Waals surface area contributed by atoms with Crippen LogP contribution in [0.1, 0.15) is 50.4 Å². The van der Waals surface area contributed by atoms with Crippen molar-refractivity contribution in [2.75, 3.05) is 26.2 Å². The molecule has 0 N–H and O–H groups in total. The van der Waals surface area contributed by atoms with E-state index in [-0.39, 0.29) is 11.8 Å². The van der Waals surface area contributed by atoms with Gasteiger partial charge in [-0.15, -0.1) is 0 Å². The highest BCUT2D eigenvalue weighted by Gasteiger charge is 2.32. The van der Waals surface area contributed by atoms with E-state index in [1.165, 1.54) is 0 Å². The molecule has 1 aliphatic rings. The summed E-state index contributed by atoms with van der Waals surface area (Å²) >= 11 is 5.90. The number of likely N-dealkylation sites (tertiary alicyclic amines) is 1. The lowest BCUT2D eigenvalue weighted by atomic mass is 9.81. The highest BCUT2D eigenvalue weighted by Crippen LogP contribution is 2.30. The second-order valence-corrected chi connectivity index (χ2v) is 6.99. The maximum Gasteiger partial charge on any atom is 0.254 e. The highest BCUT2D eigenvalue weighted by atomic mass is 35.5. The first kappa shape index (κ1) is 19.7. The van der Waals surface area contributed by atoms with Crippen LogP contribution in [-0.4, -0.2) is 52.8 Å². The summed E-state index contributed by atoms with van der Waals surface area (Å²) in [7, 11) is 0. The topological polar surface area (TPSA) is 53.5 Å². The maximum absolute atomic E-state index is 12.7. The van der Waals surface area contributed by atoms with Crippen LogP contribution in [0.2, 0.25) is 5.15 Å². The van der Waals surface area contributed by atoms with Gasteiger partial charge < -0.3 is 9.80 Å². The molecule has 138 valence electrons. The number of piperidine rings is 1. The van der Waals surface area contributed by atoms with Crippen LogP contribution < -0.4 is 0 Å². The van der Waals surface area contributed by atoms with E-state index in [1.807, 2.05) is 23.6 Å². The van der Waals surface area contributed by atoms with E-state index in [1.54, 1.807) is 18.3 Å². The van der Waals surface area contributed by atoms with E-state index in [0.29, 0.717) is 42.1 Å². The number of rotatable bonds is 6. The molecule has 0 spiro atoms. The number of pyridine rings is 1. The van der Waals surface area contributed by atoms with Gasteiger partial charge in [-0.2, -0.15) is 0 Å². The van der Waals surface area contributed by atoms with Crippen molar-refractivity contribution in [3.63, 3.8) is 0 Å². The van der Waals surface area contributed by atoms with Gasteiger partial charge in [-0.25, -0.2) is 4.98 Å². The summed E-state index contributed by atoms with van der Waals surface area (Å²) in [6.07, 6.45) is 3.98. The first-order chi connectivity index (χ1) is 12.0. The molecular weight excluding hydrogens is 338 g/mol. The van der Waals surface area contributed by atoms with Crippen LogP contribution in [0.4, 0.5) is 0 Å². The van der Waals surface area contributed by atoms with Gasteiger partial charge in [0, 0.05) is 44.4 Å². The fourth-order valence-corrected chi connectivity index (χ4v) is 3.82. The molecule has 0 aliphatic carbocycles. The van der Waals surface area contributed by atoms with Crippen molar-refractivity contribution in [2.45, 2.75) is 40.0 Å². The minimum absolute atomic E-state index is 0.00345. The molecule has 0 unspecified atom stereocenters. The summed E-state index contributed by atoms with van der Waals surface area (Å²) < 4.78 is 0. The summed E-state index contributed by atoms with van der Waals surface area (Å²) in [5.41, 5.74) is 0.576. The third kappa shape index (κ3) is 4.94. The first-order valence-electron chi connectivity index (χ1n) is 9.18. The minimum atomic E-state index is -0.00345. The van der Waals surface area contributed by atoms with Crippen molar-refractivity contribution in [1.29, 1.82) is 0 Å². The first-order valence-corrected chi connectivity index (χ1v) is 9.56. The van der Waals surface area contributed by atoms with Crippen molar-refractivity contribution < 1.29 is 9.59 Å². The molecule has 2 rings (SSSR count). The third-order valence-electron chi connectivity index (χ3n) is 5.23. The SMILES string of the molecule is CC[C@@H]1CN(C(=O)c2ccnc(Cl)c2)CC[C@H]1CC(=O)N(CC)CC. The van der Waals surface area contributed by atoms with E-state index in [0.717, 1.165) is 25.9 Å². The maximum atomic E-state index is 12.7. The third-order valence-corrected chi connectivity index (χ3v) is 5.44. The number of hydrogen-bond donors (Lipinski definition) is 0.